The first-order valence-electron chi connectivity index (χ1n) is 7.44. The Bertz CT molecular complexity index is 400. The maximum absolute atomic E-state index is 12.1. The maximum atomic E-state index is 12.1. The van der Waals surface area contributed by atoms with E-state index in [4.69, 9.17) is 0 Å². The van der Waals surface area contributed by atoms with Gasteiger partial charge < -0.3 is 10.0 Å². The fourth-order valence-corrected chi connectivity index (χ4v) is 2.99. The summed E-state index contributed by atoms with van der Waals surface area (Å²) in [5.41, 5.74) is 0.0696. The van der Waals surface area contributed by atoms with E-state index in [-0.39, 0.29) is 29.1 Å². The van der Waals surface area contributed by atoms with Gasteiger partial charge in [-0.1, -0.05) is 32.6 Å². The minimum absolute atomic E-state index is 0.0288. The summed E-state index contributed by atoms with van der Waals surface area (Å²) in [6.45, 7) is 2.82. The molecule has 1 N–H and O–H groups in total. The van der Waals surface area contributed by atoms with Crippen molar-refractivity contribution in [1.29, 1.82) is 0 Å². The van der Waals surface area contributed by atoms with Gasteiger partial charge in [0.2, 0.25) is 0 Å². The largest absolute Gasteiger partial charge is 0.509 e. The fraction of sp³-hybridized carbons (Fsp3) is 0.733. The molecule has 2 rings (SSSR count). The van der Waals surface area contributed by atoms with Gasteiger partial charge >= 0.3 is 0 Å². The lowest BCUT2D eigenvalue weighted by Crippen LogP contribution is -2.30. The molecule has 4 heteroatoms. The van der Waals surface area contributed by atoms with E-state index in [1.807, 2.05) is 0 Å². The highest BCUT2D eigenvalue weighted by atomic mass is 16.3. The third-order valence-corrected chi connectivity index (χ3v) is 4.09. The average Bonchev–Trinajstić information content (AvgIpc) is 2.94. The van der Waals surface area contributed by atoms with Gasteiger partial charge in [-0.2, -0.15) is 0 Å². The van der Waals surface area contributed by atoms with Gasteiger partial charge in [0, 0.05) is 13.0 Å². The Morgan fingerprint density at radius 1 is 1.32 bits per heavy atom. The van der Waals surface area contributed by atoms with Gasteiger partial charge in [0.25, 0.3) is 5.91 Å². The van der Waals surface area contributed by atoms with E-state index in [0.29, 0.717) is 13.0 Å². The van der Waals surface area contributed by atoms with Gasteiger partial charge in [0.1, 0.15) is 11.3 Å². The van der Waals surface area contributed by atoms with Gasteiger partial charge in [0.15, 0.2) is 5.78 Å². The molecule has 0 saturated carbocycles. The van der Waals surface area contributed by atoms with Crippen LogP contribution in [-0.2, 0) is 9.59 Å². The Balaban J connectivity index is 1.88. The van der Waals surface area contributed by atoms with Gasteiger partial charge in [-0.05, 0) is 19.3 Å². The van der Waals surface area contributed by atoms with E-state index < -0.39 is 0 Å². The molecule has 1 saturated heterocycles. The van der Waals surface area contributed by atoms with Gasteiger partial charge in [-0.15, -0.1) is 0 Å². The Kier molecular flexibility index (Phi) is 4.61. The number of hydrogen-bond donors (Lipinski definition) is 1. The van der Waals surface area contributed by atoms with Crippen molar-refractivity contribution >= 4 is 11.7 Å². The van der Waals surface area contributed by atoms with Crippen LogP contribution in [0.3, 0.4) is 0 Å². The van der Waals surface area contributed by atoms with E-state index >= 15 is 0 Å². The zero-order valence-electron chi connectivity index (χ0n) is 11.7. The van der Waals surface area contributed by atoms with Crippen molar-refractivity contribution in [3.63, 3.8) is 0 Å². The predicted molar refractivity (Wildman–Crippen MR) is 72.8 cm³/mol. The van der Waals surface area contributed by atoms with Crippen LogP contribution < -0.4 is 0 Å². The van der Waals surface area contributed by atoms with E-state index in [1.165, 1.54) is 12.8 Å². The number of carbonyl (C=O) groups excluding carboxylic acids is 2. The number of carbonyl (C=O) groups is 2. The van der Waals surface area contributed by atoms with Crippen LogP contribution in [0.4, 0.5) is 0 Å². The standard InChI is InChI=1S/C15H23NO3/c1-2-3-4-5-6-9-12(17)13-14(18)11-8-7-10-16(11)15(13)19/h11,18H,2-10H2,1H3/t11-/m0/s1. The van der Waals surface area contributed by atoms with Crippen molar-refractivity contribution in [2.75, 3.05) is 6.54 Å². The van der Waals surface area contributed by atoms with Crippen LogP contribution in [0.5, 0.6) is 0 Å². The van der Waals surface area contributed by atoms with Crippen molar-refractivity contribution < 1.29 is 14.7 Å². The number of hydrogen-bond acceptors (Lipinski definition) is 3. The first-order valence-corrected chi connectivity index (χ1v) is 7.44. The second-order valence-corrected chi connectivity index (χ2v) is 5.50. The summed E-state index contributed by atoms with van der Waals surface area (Å²) in [4.78, 5) is 25.8. The summed E-state index contributed by atoms with van der Waals surface area (Å²) in [5, 5.41) is 10.0. The van der Waals surface area contributed by atoms with E-state index in [1.54, 1.807) is 4.90 Å². The number of Topliss-reactive ketones (excluding diaryl/α,β-unsaturated/α-hetero) is 1. The lowest BCUT2D eigenvalue weighted by Gasteiger charge is -2.14. The molecule has 1 amide bonds. The first kappa shape index (κ1) is 14.1. The van der Waals surface area contributed by atoms with Crippen LogP contribution in [0, 0.1) is 0 Å². The Morgan fingerprint density at radius 2 is 2.05 bits per heavy atom. The highest BCUT2D eigenvalue weighted by Gasteiger charge is 2.44. The fourth-order valence-electron chi connectivity index (χ4n) is 2.99. The molecule has 2 heterocycles. The molecular formula is C15H23NO3. The SMILES string of the molecule is CCCCCCCC(=O)C1=C(O)[C@@H]2CCCN2C1=O. The van der Waals surface area contributed by atoms with E-state index in [0.717, 1.165) is 32.1 Å². The lowest BCUT2D eigenvalue weighted by atomic mass is 10.0. The molecule has 0 radical (unpaired) electrons. The second-order valence-electron chi connectivity index (χ2n) is 5.50. The van der Waals surface area contributed by atoms with Crippen LogP contribution in [0.2, 0.25) is 0 Å². The molecule has 2 aliphatic rings. The monoisotopic (exact) mass is 265 g/mol. The van der Waals surface area contributed by atoms with Gasteiger partial charge in [0.05, 0.1) is 6.04 Å². The second kappa shape index (κ2) is 6.22. The summed E-state index contributed by atoms with van der Waals surface area (Å²) in [7, 11) is 0. The molecule has 0 aromatic heterocycles. The highest BCUT2D eigenvalue weighted by Crippen LogP contribution is 2.33. The normalized spacial score (nSPS) is 22.3. The number of aliphatic hydroxyl groups excluding tert-OH is 1. The molecule has 0 unspecified atom stereocenters. The van der Waals surface area contributed by atoms with Crippen molar-refractivity contribution in [1.82, 2.24) is 4.90 Å². The zero-order chi connectivity index (χ0) is 13.8. The molecule has 0 bridgehead atoms. The predicted octanol–water partition coefficient (Wildman–Crippen LogP) is 2.73. The third-order valence-electron chi connectivity index (χ3n) is 4.09. The first-order chi connectivity index (χ1) is 9.16. The number of amides is 1. The highest BCUT2D eigenvalue weighted by molar-refractivity contribution is 6.21. The number of unbranched alkanes of at least 4 members (excludes halogenated alkanes) is 4. The molecule has 0 aromatic carbocycles. The zero-order valence-corrected chi connectivity index (χ0v) is 11.7. The van der Waals surface area contributed by atoms with Crippen molar-refractivity contribution in [2.24, 2.45) is 0 Å². The molecule has 0 aromatic rings. The number of rotatable bonds is 7. The minimum atomic E-state index is -0.251. The minimum Gasteiger partial charge on any atom is -0.509 e. The molecular weight excluding hydrogens is 242 g/mol. The number of fused-ring (bicyclic) bond motifs is 1. The van der Waals surface area contributed by atoms with Crippen LogP contribution >= 0.6 is 0 Å². The Hall–Kier alpha value is -1.32. The Morgan fingerprint density at radius 3 is 2.74 bits per heavy atom. The third kappa shape index (κ3) is 2.82. The van der Waals surface area contributed by atoms with Crippen molar-refractivity contribution in [3.8, 4) is 0 Å². The molecule has 4 nitrogen and oxygen atoms in total. The summed E-state index contributed by atoms with van der Waals surface area (Å²) in [5.74, 6) is -0.395. The van der Waals surface area contributed by atoms with Gasteiger partial charge in [-0.3, -0.25) is 9.59 Å². The quantitative estimate of drug-likeness (QED) is 0.569. The summed E-state index contributed by atoms with van der Waals surface area (Å²) in [6, 6.07) is -0.216. The Labute approximate surface area is 114 Å². The molecule has 1 fully saturated rings. The number of nitrogens with zero attached hydrogens (tertiary/aromatic N) is 1. The van der Waals surface area contributed by atoms with E-state index in [2.05, 4.69) is 6.92 Å². The molecule has 0 spiro atoms. The van der Waals surface area contributed by atoms with Crippen LogP contribution in [0.1, 0.15) is 58.3 Å². The van der Waals surface area contributed by atoms with Crippen molar-refractivity contribution in [3.05, 3.63) is 11.3 Å². The van der Waals surface area contributed by atoms with Crippen LogP contribution in [0.15, 0.2) is 11.3 Å². The topological polar surface area (TPSA) is 57.6 Å². The number of ketones is 1. The molecule has 2 aliphatic heterocycles. The number of aliphatic hydroxyl groups is 1. The van der Waals surface area contributed by atoms with Crippen molar-refractivity contribution in [2.45, 2.75) is 64.3 Å². The van der Waals surface area contributed by atoms with Gasteiger partial charge in [-0.25, -0.2) is 0 Å². The summed E-state index contributed by atoms with van der Waals surface area (Å²) in [6.07, 6.45) is 7.42. The molecule has 19 heavy (non-hydrogen) atoms. The molecule has 1 atom stereocenters. The summed E-state index contributed by atoms with van der Waals surface area (Å²) < 4.78 is 0. The summed E-state index contributed by atoms with van der Waals surface area (Å²) >= 11 is 0. The molecule has 0 aliphatic carbocycles. The average molecular weight is 265 g/mol. The van der Waals surface area contributed by atoms with Crippen LogP contribution in [-0.4, -0.2) is 34.3 Å². The smallest absolute Gasteiger partial charge is 0.261 e. The lowest BCUT2D eigenvalue weighted by molar-refractivity contribution is -0.128. The maximum Gasteiger partial charge on any atom is 0.261 e. The van der Waals surface area contributed by atoms with E-state index in [9.17, 15) is 14.7 Å². The van der Waals surface area contributed by atoms with Crippen LogP contribution in [0.25, 0.3) is 0 Å². The molecule has 106 valence electrons.